The van der Waals surface area contributed by atoms with Crippen LogP contribution in [0.4, 0.5) is 0 Å². The van der Waals surface area contributed by atoms with Gasteiger partial charge in [0.25, 0.3) is 0 Å². The maximum atomic E-state index is 13.3. The molecule has 0 aromatic carbocycles. The summed E-state index contributed by atoms with van der Waals surface area (Å²) in [6.07, 6.45) is 67.0. The van der Waals surface area contributed by atoms with Crippen molar-refractivity contribution in [3.05, 3.63) is 60.8 Å². The van der Waals surface area contributed by atoms with Gasteiger partial charge in [-0.25, -0.2) is 0 Å². The number of hydrogen-bond donors (Lipinski definition) is 3. The Morgan fingerprint density at radius 3 is 1.24 bits per heavy atom. The molecule has 0 aromatic heterocycles. The number of amides is 1. The third-order valence-corrected chi connectivity index (χ3v) is 12.9. The van der Waals surface area contributed by atoms with Crippen LogP contribution >= 0.6 is 0 Å². The van der Waals surface area contributed by atoms with Crippen LogP contribution in [0.3, 0.4) is 0 Å². The Bertz CT molecular complexity index is 1170. The summed E-state index contributed by atoms with van der Waals surface area (Å²) >= 11 is 0. The number of unbranched alkanes of at least 4 members (excludes halogenated alkanes) is 32. The van der Waals surface area contributed by atoms with E-state index in [1.54, 1.807) is 0 Å². The van der Waals surface area contributed by atoms with Crippen LogP contribution in [0.5, 0.6) is 0 Å². The van der Waals surface area contributed by atoms with E-state index in [2.05, 4.69) is 86.8 Å². The molecule has 0 spiro atoms. The Morgan fingerprint density at radius 1 is 0.439 bits per heavy atom. The Balaban J connectivity index is 4.63. The van der Waals surface area contributed by atoms with Gasteiger partial charge in [-0.2, -0.15) is 0 Å². The average molecular weight is 925 g/mol. The molecule has 3 atom stereocenters. The second kappa shape index (κ2) is 53.5. The fraction of sp³-hybridized carbons (Fsp3) is 0.800. The normalized spacial score (nSPS) is 13.6. The van der Waals surface area contributed by atoms with Gasteiger partial charge in [-0.1, -0.05) is 255 Å². The van der Waals surface area contributed by atoms with E-state index in [1.807, 2.05) is 0 Å². The molecule has 3 unspecified atom stereocenters. The number of aliphatic hydroxyl groups is 2. The van der Waals surface area contributed by atoms with E-state index in [1.165, 1.54) is 154 Å². The molecule has 0 aromatic rings. The largest absolute Gasteiger partial charge is 0.462 e. The molecule has 6 nitrogen and oxygen atoms in total. The number of esters is 1. The third kappa shape index (κ3) is 48.0. The van der Waals surface area contributed by atoms with Gasteiger partial charge in [0.05, 0.1) is 25.2 Å². The first-order valence-electron chi connectivity index (χ1n) is 28.6. The monoisotopic (exact) mass is 924 g/mol. The van der Waals surface area contributed by atoms with Crippen molar-refractivity contribution in [1.29, 1.82) is 0 Å². The van der Waals surface area contributed by atoms with Crippen molar-refractivity contribution in [2.75, 3.05) is 6.61 Å². The maximum absolute atomic E-state index is 13.3. The molecule has 0 rings (SSSR count). The van der Waals surface area contributed by atoms with E-state index in [0.717, 1.165) is 83.5 Å². The molecule has 384 valence electrons. The van der Waals surface area contributed by atoms with Crippen molar-refractivity contribution >= 4 is 11.9 Å². The zero-order chi connectivity index (χ0) is 48.1. The van der Waals surface area contributed by atoms with E-state index < -0.39 is 18.2 Å². The highest BCUT2D eigenvalue weighted by Gasteiger charge is 2.24. The first kappa shape index (κ1) is 63.6. The molecule has 0 heterocycles. The minimum Gasteiger partial charge on any atom is -0.462 e. The molecule has 0 fully saturated rings. The molecule has 0 saturated carbocycles. The topological polar surface area (TPSA) is 95.9 Å². The lowest BCUT2D eigenvalue weighted by Gasteiger charge is -2.24. The number of nitrogens with one attached hydrogen (secondary N) is 1. The SMILES string of the molecule is CCCCC/C=C/C=C/C=C/C=C/CCCCCCCC(=O)OC(CCCCCCCCC/C=C/CCCCCCCC)CC(=O)NC(CO)C(O)CCCCCCCCCCCCCC. The fourth-order valence-electron chi connectivity index (χ4n) is 8.56. The zero-order valence-electron chi connectivity index (χ0n) is 43.8. The van der Waals surface area contributed by atoms with Gasteiger partial charge >= 0.3 is 5.97 Å². The van der Waals surface area contributed by atoms with Crippen LogP contribution in [0.1, 0.15) is 284 Å². The Labute approximate surface area is 409 Å². The van der Waals surface area contributed by atoms with E-state index in [0.29, 0.717) is 19.3 Å². The predicted octanol–water partition coefficient (Wildman–Crippen LogP) is 17.6. The molecule has 0 aliphatic rings. The van der Waals surface area contributed by atoms with Crippen LogP contribution in [0.25, 0.3) is 0 Å². The fourth-order valence-corrected chi connectivity index (χ4v) is 8.56. The zero-order valence-corrected chi connectivity index (χ0v) is 43.8. The van der Waals surface area contributed by atoms with Gasteiger partial charge in [0.15, 0.2) is 0 Å². The minimum atomic E-state index is -0.795. The number of allylic oxidation sites excluding steroid dienone is 10. The van der Waals surface area contributed by atoms with E-state index in [4.69, 9.17) is 4.74 Å². The Kier molecular flexibility index (Phi) is 51.5. The van der Waals surface area contributed by atoms with Crippen molar-refractivity contribution in [2.45, 2.75) is 302 Å². The van der Waals surface area contributed by atoms with Crippen molar-refractivity contribution in [2.24, 2.45) is 0 Å². The number of hydrogen-bond acceptors (Lipinski definition) is 5. The van der Waals surface area contributed by atoms with Gasteiger partial charge in [0.1, 0.15) is 6.10 Å². The standard InChI is InChI=1S/C60H109NO5/c1-4-7-10-13-16-19-22-25-27-29-31-33-35-38-41-44-47-50-53-60(65)66-56(51-48-45-42-39-36-34-32-30-28-26-23-20-17-14-11-8-5-2)54-59(64)61-57(55-62)58(63)52-49-46-43-40-37-24-21-18-15-12-9-6-3/h16,19,22,25-29,31,33,56-58,62-63H,4-15,17-18,20-21,23-24,30,32,34-55H2,1-3H3,(H,61,64)/b19-16+,25-22+,28-26+,29-27+,33-31+. The molecule has 66 heavy (non-hydrogen) atoms. The highest BCUT2D eigenvalue weighted by atomic mass is 16.5. The average Bonchev–Trinajstić information content (AvgIpc) is 3.31. The van der Waals surface area contributed by atoms with Crippen LogP contribution in [-0.4, -0.2) is 46.9 Å². The Morgan fingerprint density at radius 2 is 0.788 bits per heavy atom. The van der Waals surface area contributed by atoms with Crippen LogP contribution in [0, 0.1) is 0 Å². The summed E-state index contributed by atoms with van der Waals surface area (Å²) in [7, 11) is 0. The van der Waals surface area contributed by atoms with Gasteiger partial charge < -0.3 is 20.3 Å². The van der Waals surface area contributed by atoms with Crippen LogP contribution in [0.15, 0.2) is 60.8 Å². The van der Waals surface area contributed by atoms with Crippen LogP contribution < -0.4 is 5.32 Å². The first-order chi connectivity index (χ1) is 32.5. The quantitative estimate of drug-likeness (QED) is 0.0244. The lowest BCUT2D eigenvalue weighted by atomic mass is 10.0. The second-order valence-electron chi connectivity index (χ2n) is 19.4. The molecule has 1 amide bonds. The lowest BCUT2D eigenvalue weighted by molar-refractivity contribution is -0.151. The van der Waals surface area contributed by atoms with Gasteiger partial charge in [-0.3, -0.25) is 9.59 Å². The number of rotatable bonds is 51. The Hall–Kier alpha value is -2.44. The van der Waals surface area contributed by atoms with Crippen molar-refractivity contribution in [1.82, 2.24) is 5.32 Å². The molecule has 0 aliphatic heterocycles. The van der Waals surface area contributed by atoms with Crippen LogP contribution in [0.2, 0.25) is 0 Å². The third-order valence-electron chi connectivity index (χ3n) is 12.9. The molecule has 6 heteroatoms. The summed E-state index contributed by atoms with van der Waals surface area (Å²) in [4.78, 5) is 26.3. The molecule has 0 radical (unpaired) electrons. The summed E-state index contributed by atoms with van der Waals surface area (Å²) in [6, 6.07) is -0.709. The smallest absolute Gasteiger partial charge is 0.306 e. The maximum Gasteiger partial charge on any atom is 0.306 e. The minimum absolute atomic E-state index is 0.0646. The number of carbonyl (C=O) groups excluding carboxylic acids is 2. The molecule has 0 bridgehead atoms. The molecular weight excluding hydrogens is 815 g/mol. The van der Waals surface area contributed by atoms with Crippen molar-refractivity contribution in [3.63, 3.8) is 0 Å². The highest BCUT2D eigenvalue weighted by molar-refractivity contribution is 5.77. The summed E-state index contributed by atoms with van der Waals surface area (Å²) < 4.78 is 5.95. The summed E-state index contributed by atoms with van der Waals surface area (Å²) in [5.74, 6) is -0.497. The van der Waals surface area contributed by atoms with Gasteiger partial charge in [-0.05, 0) is 77.0 Å². The molecule has 0 saturated heterocycles. The summed E-state index contributed by atoms with van der Waals surface area (Å²) in [5.41, 5.74) is 0. The first-order valence-corrected chi connectivity index (χ1v) is 28.6. The highest BCUT2D eigenvalue weighted by Crippen LogP contribution is 2.18. The summed E-state index contributed by atoms with van der Waals surface area (Å²) in [6.45, 7) is 6.45. The van der Waals surface area contributed by atoms with E-state index in [-0.39, 0.29) is 24.9 Å². The van der Waals surface area contributed by atoms with Gasteiger partial charge in [-0.15, -0.1) is 0 Å². The lowest BCUT2D eigenvalue weighted by Crippen LogP contribution is -2.46. The van der Waals surface area contributed by atoms with Crippen molar-refractivity contribution < 1.29 is 24.5 Å². The molecule has 0 aliphatic carbocycles. The summed E-state index contributed by atoms with van der Waals surface area (Å²) in [5, 5.41) is 23.8. The predicted molar refractivity (Wildman–Crippen MR) is 287 cm³/mol. The van der Waals surface area contributed by atoms with Gasteiger partial charge in [0, 0.05) is 6.42 Å². The van der Waals surface area contributed by atoms with Crippen molar-refractivity contribution in [3.8, 4) is 0 Å². The molecule has 3 N–H and O–H groups in total. The second-order valence-corrected chi connectivity index (χ2v) is 19.4. The number of ether oxygens (including phenoxy) is 1. The molecular formula is C60H109NO5. The number of carbonyl (C=O) groups is 2. The van der Waals surface area contributed by atoms with E-state index >= 15 is 0 Å². The van der Waals surface area contributed by atoms with Crippen LogP contribution in [-0.2, 0) is 14.3 Å². The number of aliphatic hydroxyl groups excluding tert-OH is 2. The van der Waals surface area contributed by atoms with Gasteiger partial charge in [0.2, 0.25) is 5.91 Å². The van der Waals surface area contributed by atoms with E-state index in [9.17, 15) is 19.8 Å².